The van der Waals surface area contributed by atoms with Crippen LogP contribution in [0.5, 0.6) is 0 Å². The highest BCUT2D eigenvalue weighted by Gasteiger charge is 2.05. The van der Waals surface area contributed by atoms with Crippen LogP contribution in [-0.2, 0) is 23.7 Å². The zero-order valence-corrected chi connectivity index (χ0v) is 12.7. The number of nitrogens with one attached hydrogen (secondary N) is 2. The second-order valence-corrected chi connectivity index (χ2v) is 4.80. The molecule has 0 bridgehead atoms. The maximum Gasteiger partial charge on any atom is 0.305 e. The van der Waals surface area contributed by atoms with Crippen LogP contribution in [0.4, 0.5) is 5.82 Å². The molecular formula is C12H18N4O4S. The summed E-state index contributed by atoms with van der Waals surface area (Å²) in [6.45, 7) is 0.415. The van der Waals surface area contributed by atoms with E-state index in [0.29, 0.717) is 17.1 Å². The Hall–Kier alpha value is -2.16. The fraction of sp³-hybridized carbons (Fsp3) is 0.500. The number of amides is 1. The van der Waals surface area contributed by atoms with Crippen molar-refractivity contribution in [1.82, 2.24) is 14.5 Å². The van der Waals surface area contributed by atoms with Crippen LogP contribution in [0.15, 0.2) is 10.9 Å². The maximum atomic E-state index is 11.6. The Balaban J connectivity index is 2.50. The molecule has 0 saturated carbocycles. The lowest BCUT2D eigenvalue weighted by Gasteiger charge is -2.12. The Labute approximate surface area is 126 Å². The van der Waals surface area contributed by atoms with E-state index in [4.69, 9.17) is 17.3 Å². The Bertz CT molecular complexity index is 650. The Morgan fingerprint density at radius 2 is 1.90 bits per heavy atom. The molecule has 0 aliphatic rings. The average Bonchev–Trinajstić information content (AvgIpc) is 2.41. The van der Waals surface area contributed by atoms with Gasteiger partial charge in [-0.1, -0.05) is 0 Å². The zero-order chi connectivity index (χ0) is 16.0. The Kier molecular flexibility index (Phi) is 6.10. The van der Waals surface area contributed by atoms with Gasteiger partial charge in [-0.05, 0) is 12.2 Å². The Morgan fingerprint density at radius 1 is 1.24 bits per heavy atom. The zero-order valence-electron chi connectivity index (χ0n) is 11.9. The molecule has 1 aromatic rings. The number of carbonyl (C=O) groups is 2. The number of hydrogen-bond acceptors (Lipinski definition) is 5. The fourth-order valence-electron chi connectivity index (χ4n) is 1.60. The van der Waals surface area contributed by atoms with E-state index >= 15 is 0 Å². The molecule has 0 atom stereocenters. The molecule has 1 amide bonds. The third-order valence-corrected chi connectivity index (χ3v) is 3.39. The van der Waals surface area contributed by atoms with Crippen LogP contribution in [0.2, 0.25) is 0 Å². The van der Waals surface area contributed by atoms with Gasteiger partial charge in [-0.15, -0.1) is 0 Å². The lowest BCUT2D eigenvalue weighted by Crippen LogP contribution is -2.28. The molecule has 3 N–H and O–H groups in total. The molecule has 0 fully saturated rings. The molecule has 1 heterocycles. The number of hydrogen-bond donors (Lipinski definition) is 3. The molecule has 1 rings (SSSR count). The van der Waals surface area contributed by atoms with Crippen LogP contribution in [0.3, 0.4) is 0 Å². The van der Waals surface area contributed by atoms with Crippen molar-refractivity contribution in [3.05, 3.63) is 21.2 Å². The fourth-order valence-corrected chi connectivity index (χ4v) is 1.79. The first-order valence-electron chi connectivity index (χ1n) is 6.32. The first-order valence-corrected chi connectivity index (χ1v) is 6.73. The van der Waals surface area contributed by atoms with E-state index in [2.05, 4.69) is 10.6 Å². The molecule has 0 unspecified atom stereocenters. The van der Waals surface area contributed by atoms with Crippen molar-refractivity contribution in [3.8, 4) is 0 Å². The van der Waals surface area contributed by atoms with Crippen molar-refractivity contribution in [3.63, 3.8) is 0 Å². The summed E-state index contributed by atoms with van der Waals surface area (Å²) >= 11 is 5.10. The van der Waals surface area contributed by atoms with E-state index in [1.165, 1.54) is 10.6 Å². The molecule has 0 spiro atoms. The number of carbonyl (C=O) groups excluding carboxylic acids is 1. The van der Waals surface area contributed by atoms with Gasteiger partial charge in [0.15, 0.2) is 4.77 Å². The van der Waals surface area contributed by atoms with Gasteiger partial charge in [0.1, 0.15) is 5.82 Å². The maximum absolute atomic E-state index is 11.6. The quantitative estimate of drug-likeness (QED) is 0.604. The predicted octanol–water partition coefficient (Wildman–Crippen LogP) is -0.154. The Morgan fingerprint density at radius 3 is 2.52 bits per heavy atom. The van der Waals surface area contributed by atoms with Gasteiger partial charge in [0.05, 0.1) is 6.42 Å². The van der Waals surface area contributed by atoms with Gasteiger partial charge in [0, 0.05) is 39.7 Å². The summed E-state index contributed by atoms with van der Waals surface area (Å²) in [5, 5.41) is 13.9. The number of aliphatic carboxylic acids is 1. The van der Waals surface area contributed by atoms with Crippen molar-refractivity contribution >= 4 is 29.9 Å². The largest absolute Gasteiger partial charge is 0.481 e. The van der Waals surface area contributed by atoms with E-state index in [1.807, 2.05) is 0 Å². The monoisotopic (exact) mass is 314 g/mol. The van der Waals surface area contributed by atoms with E-state index in [-0.39, 0.29) is 30.9 Å². The number of carboxylic acids is 1. The van der Waals surface area contributed by atoms with E-state index < -0.39 is 5.97 Å². The van der Waals surface area contributed by atoms with Gasteiger partial charge >= 0.3 is 5.97 Å². The minimum absolute atomic E-state index is 0.101. The van der Waals surface area contributed by atoms with Gasteiger partial charge in [0.2, 0.25) is 5.91 Å². The van der Waals surface area contributed by atoms with Gasteiger partial charge in [-0.3, -0.25) is 19.0 Å². The highest BCUT2D eigenvalue weighted by molar-refractivity contribution is 7.71. The standard InChI is InChI=1S/C12H18N4O4S/c1-15-8(7-10(18)16(2)12(15)21)13-5-3-9(17)14-6-4-11(19)20/h7,13H,3-6H2,1-2H3,(H,14,17)(H,19,20). The highest BCUT2D eigenvalue weighted by Crippen LogP contribution is 2.03. The van der Waals surface area contributed by atoms with Crippen LogP contribution < -0.4 is 16.2 Å². The van der Waals surface area contributed by atoms with Crippen LogP contribution in [0, 0.1) is 4.77 Å². The number of rotatable bonds is 7. The van der Waals surface area contributed by atoms with Crippen molar-refractivity contribution < 1.29 is 14.7 Å². The molecule has 9 heteroatoms. The first kappa shape index (κ1) is 16.9. The molecule has 0 aliphatic carbocycles. The van der Waals surface area contributed by atoms with E-state index in [1.54, 1.807) is 18.7 Å². The van der Waals surface area contributed by atoms with Gasteiger partial charge in [-0.25, -0.2) is 0 Å². The summed E-state index contributed by atoms with van der Waals surface area (Å²) < 4.78 is 3.36. The highest BCUT2D eigenvalue weighted by atomic mass is 32.1. The lowest BCUT2D eigenvalue weighted by molar-refractivity contribution is -0.136. The summed E-state index contributed by atoms with van der Waals surface area (Å²) in [6.07, 6.45) is 0.0593. The third kappa shape index (κ3) is 5.03. The first-order chi connectivity index (χ1) is 9.82. The summed E-state index contributed by atoms with van der Waals surface area (Å²) in [4.78, 5) is 33.4. The van der Waals surface area contributed by atoms with Crippen LogP contribution in [0.25, 0.3) is 0 Å². The number of nitrogens with zero attached hydrogens (tertiary/aromatic N) is 2. The van der Waals surface area contributed by atoms with Crippen molar-refractivity contribution in [1.29, 1.82) is 0 Å². The van der Waals surface area contributed by atoms with E-state index in [9.17, 15) is 14.4 Å². The number of aromatic nitrogens is 2. The molecule has 0 aliphatic heterocycles. The van der Waals surface area contributed by atoms with Crippen LogP contribution >= 0.6 is 12.2 Å². The molecule has 116 valence electrons. The second kappa shape index (κ2) is 7.58. The summed E-state index contributed by atoms with van der Waals surface area (Å²) in [5.41, 5.74) is -0.230. The second-order valence-electron chi connectivity index (χ2n) is 4.44. The molecule has 8 nitrogen and oxygen atoms in total. The molecule has 0 saturated heterocycles. The van der Waals surface area contributed by atoms with Gasteiger partial charge < -0.3 is 20.3 Å². The summed E-state index contributed by atoms with van der Waals surface area (Å²) in [7, 11) is 3.31. The summed E-state index contributed by atoms with van der Waals surface area (Å²) in [6, 6.07) is 1.40. The predicted molar refractivity (Wildman–Crippen MR) is 79.9 cm³/mol. The molecular weight excluding hydrogens is 296 g/mol. The smallest absolute Gasteiger partial charge is 0.305 e. The average molecular weight is 314 g/mol. The number of carboxylic acid groups (broad SMARTS) is 1. The molecule has 21 heavy (non-hydrogen) atoms. The van der Waals surface area contributed by atoms with Crippen LogP contribution in [0.1, 0.15) is 12.8 Å². The normalized spacial score (nSPS) is 10.2. The van der Waals surface area contributed by atoms with E-state index in [0.717, 1.165) is 0 Å². The SMILES string of the molecule is Cn1c(NCCC(=O)NCCC(=O)O)cc(=O)n(C)c1=S. The minimum Gasteiger partial charge on any atom is -0.481 e. The molecule has 0 aromatic carbocycles. The lowest BCUT2D eigenvalue weighted by atomic mass is 10.3. The van der Waals surface area contributed by atoms with Gasteiger partial charge in [0.25, 0.3) is 5.56 Å². The molecule has 1 aromatic heterocycles. The minimum atomic E-state index is -0.960. The number of anilines is 1. The topological polar surface area (TPSA) is 105 Å². The van der Waals surface area contributed by atoms with Crippen molar-refractivity contribution in [2.75, 3.05) is 18.4 Å². The van der Waals surface area contributed by atoms with Crippen molar-refractivity contribution in [2.24, 2.45) is 14.1 Å². The van der Waals surface area contributed by atoms with Crippen LogP contribution in [-0.4, -0.2) is 39.2 Å². The third-order valence-electron chi connectivity index (χ3n) is 2.85. The van der Waals surface area contributed by atoms with Crippen molar-refractivity contribution in [2.45, 2.75) is 12.8 Å². The molecule has 0 radical (unpaired) electrons. The summed E-state index contributed by atoms with van der Waals surface area (Å²) in [5.74, 6) is -0.686. The van der Waals surface area contributed by atoms with Gasteiger partial charge in [-0.2, -0.15) is 0 Å².